The Morgan fingerprint density at radius 2 is 1.53 bits per heavy atom. The quantitative estimate of drug-likeness (QED) is 0.280. The molecule has 0 aromatic heterocycles. The maximum absolute atomic E-state index is 12.2. The SMILES string of the molecule is CCCOc1cc(OCCC)c2c(c1)C(C=O)c1cccc(OCCCN(CC)CC)c1-2. The Morgan fingerprint density at radius 1 is 0.844 bits per heavy atom. The lowest BCUT2D eigenvalue weighted by molar-refractivity contribution is -0.108. The van der Waals surface area contributed by atoms with Crippen LogP contribution < -0.4 is 14.2 Å². The first kappa shape index (κ1) is 24.1. The molecule has 0 heterocycles. The van der Waals surface area contributed by atoms with Gasteiger partial charge < -0.3 is 23.9 Å². The molecule has 0 saturated heterocycles. The minimum Gasteiger partial charge on any atom is -0.493 e. The lowest BCUT2D eigenvalue weighted by atomic mass is 9.98. The van der Waals surface area contributed by atoms with Gasteiger partial charge in [-0.25, -0.2) is 0 Å². The molecule has 0 amide bonds. The van der Waals surface area contributed by atoms with E-state index in [0.29, 0.717) is 19.8 Å². The summed E-state index contributed by atoms with van der Waals surface area (Å²) in [6.07, 6.45) is 3.80. The molecule has 174 valence electrons. The van der Waals surface area contributed by atoms with E-state index in [1.807, 2.05) is 30.3 Å². The minimum absolute atomic E-state index is 0.339. The average Bonchev–Trinajstić information content (AvgIpc) is 3.15. The van der Waals surface area contributed by atoms with E-state index in [2.05, 4.69) is 32.6 Å². The van der Waals surface area contributed by atoms with Crippen molar-refractivity contribution >= 4 is 6.29 Å². The van der Waals surface area contributed by atoms with Crippen LogP contribution in [0.5, 0.6) is 17.2 Å². The van der Waals surface area contributed by atoms with Crippen LogP contribution in [0.15, 0.2) is 30.3 Å². The highest BCUT2D eigenvalue weighted by Crippen LogP contribution is 2.53. The maximum atomic E-state index is 12.2. The van der Waals surface area contributed by atoms with E-state index in [-0.39, 0.29) is 5.92 Å². The number of rotatable bonds is 14. The molecular formula is C27H37NO4. The summed E-state index contributed by atoms with van der Waals surface area (Å²) in [5.41, 5.74) is 3.86. The molecule has 0 N–H and O–H groups in total. The highest BCUT2D eigenvalue weighted by atomic mass is 16.5. The summed E-state index contributed by atoms with van der Waals surface area (Å²) in [7, 11) is 0. The van der Waals surface area contributed by atoms with Gasteiger partial charge in [0.25, 0.3) is 0 Å². The van der Waals surface area contributed by atoms with Crippen molar-refractivity contribution in [3.63, 3.8) is 0 Å². The van der Waals surface area contributed by atoms with Gasteiger partial charge in [0.15, 0.2) is 0 Å². The third kappa shape index (κ3) is 5.26. The number of carbonyl (C=O) groups excluding carboxylic acids is 1. The topological polar surface area (TPSA) is 48.0 Å². The van der Waals surface area contributed by atoms with Gasteiger partial charge in [0.05, 0.1) is 25.7 Å². The van der Waals surface area contributed by atoms with Crippen molar-refractivity contribution in [3.8, 4) is 28.4 Å². The number of carbonyl (C=O) groups is 1. The van der Waals surface area contributed by atoms with Crippen LogP contribution in [0.4, 0.5) is 0 Å². The molecule has 0 aliphatic heterocycles. The van der Waals surface area contributed by atoms with Gasteiger partial charge in [-0.3, -0.25) is 0 Å². The molecule has 1 aliphatic rings. The molecule has 5 nitrogen and oxygen atoms in total. The van der Waals surface area contributed by atoms with Crippen LogP contribution in [-0.4, -0.2) is 50.6 Å². The second-order valence-electron chi connectivity index (χ2n) is 8.15. The first-order valence-electron chi connectivity index (χ1n) is 12.1. The number of hydrogen-bond acceptors (Lipinski definition) is 5. The molecule has 32 heavy (non-hydrogen) atoms. The lowest BCUT2D eigenvalue weighted by Gasteiger charge is -2.19. The summed E-state index contributed by atoms with van der Waals surface area (Å²) < 4.78 is 18.3. The van der Waals surface area contributed by atoms with Crippen molar-refractivity contribution in [2.45, 2.75) is 52.9 Å². The molecular weight excluding hydrogens is 402 g/mol. The normalized spacial score (nSPS) is 14.2. The zero-order valence-corrected chi connectivity index (χ0v) is 20.0. The van der Waals surface area contributed by atoms with Gasteiger partial charge in [-0.15, -0.1) is 0 Å². The molecule has 1 unspecified atom stereocenters. The fraction of sp³-hybridized carbons (Fsp3) is 0.519. The Labute approximate surface area is 192 Å². The molecule has 1 atom stereocenters. The summed E-state index contributed by atoms with van der Waals surface area (Å²) >= 11 is 0. The van der Waals surface area contributed by atoms with E-state index in [1.165, 1.54) is 0 Å². The summed E-state index contributed by atoms with van der Waals surface area (Å²) in [5, 5.41) is 0. The van der Waals surface area contributed by atoms with Crippen molar-refractivity contribution < 1.29 is 19.0 Å². The Balaban J connectivity index is 1.95. The average molecular weight is 440 g/mol. The summed E-state index contributed by atoms with van der Waals surface area (Å²) in [5.74, 6) is 1.99. The Kier molecular flexibility index (Phi) is 8.98. The van der Waals surface area contributed by atoms with E-state index >= 15 is 0 Å². The van der Waals surface area contributed by atoms with E-state index in [1.54, 1.807) is 0 Å². The van der Waals surface area contributed by atoms with Crippen molar-refractivity contribution in [2.75, 3.05) is 39.5 Å². The number of aldehydes is 1. The second kappa shape index (κ2) is 11.9. The van der Waals surface area contributed by atoms with Gasteiger partial charge in [-0.1, -0.05) is 39.8 Å². The molecule has 5 heteroatoms. The van der Waals surface area contributed by atoms with Gasteiger partial charge in [0.2, 0.25) is 0 Å². The van der Waals surface area contributed by atoms with Gasteiger partial charge in [0.1, 0.15) is 23.5 Å². The van der Waals surface area contributed by atoms with Gasteiger partial charge >= 0.3 is 0 Å². The highest BCUT2D eigenvalue weighted by Gasteiger charge is 2.34. The van der Waals surface area contributed by atoms with Crippen molar-refractivity contribution in [2.24, 2.45) is 0 Å². The van der Waals surface area contributed by atoms with E-state index in [4.69, 9.17) is 14.2 Å². The number of nitrogens with zero attached hydrogens (tertiary/aromatic N) is 1. The van der Waals surface area contributed by atoms with Crippen LogP contribution in [0.3, 0.4) is 0 Å². The monoisotopic (exact) mass is 439 g/mol. The minimum atomic E-state index is -0.339. The summed E-state index contributed by atoms with van der Waals surface area (Å²) in [6.45, 7) is 13.5. The maximum Gasteiger partial charge on any atom is 0.131 e. The zero-order chi connectivity index (χ0) is 22.9. The standard InChI is InChI=1S/C27H37NO4/c1-5-14-30-20-17-22-23(19-29)21-11-9-12-24(32-16-10-13-28(7-3)8-4)26(21)27(22)25(18-20)31-15-6-2/h9,11-12,17-19,23H,5-8,10,13-16H2,1-4H3. The zero-order valence-electron chi connectivity index (χ0n) is 20.0. The number of fused-ring (bicyclic) bond motifs is 3. The van der Waals surface area contributed by atoms with Crippen LogP contribution in [0.25, 0.3) is 11.1 Å². The third-order valence-electron chi connectivity index (χ3n) is 5.93. The molecule has 0 bridgehead atoms. The fourth-order valence-electron chi connectivity index (χ4n) is 4.27. The summed E-state index contributed by atoms with van der Waals surface area (Å²) in [4.78, 5) is 14.6. The molecule has 1 aliphatic carbocycles. The van der Waals surface area contributed by atoms with Crippen LogP contribution in [0.2, 0.25) is 0 Å². The number of hydrogen-bond donors (Lipinski definition) is 0. The van der Waals surface area contributed by atoms with Crippen LogP contribution in [0.1, 0.15) is 64.0 Å². The smallest absolute Gasteiger partial charge is 0.131 e. The van der Waals surface area contributed by atoms with Crippen molar-refractivity contribution in [1.29, 1.82) is 0 Å². The van der Waals surface area contributed by atoms with E-state index in [0.717, 1.165) is 84.7 Å². The molecule has 2 aromatic rings. The Hall–Kier alpha value is -2.53. The van der Waals surface area contributed by atoms with Gasteiger partial charge in [-0.05, 0) is 55.6 Å². The first-order valence-corrected chi connectivity index (χ1v) is 12.1. The first-order chi connectivity index (χ1) is 15.7. The van der Waals surface area contributed by atoms with Crippen molar-refractivity contribution in [3.05, 3.63) is 41.5 Å². The fourth-order valence-corrected chi connectivity index (χ4v) is 4.27. The van der Waals surface area contributed by atoms with E-state index in [9.17, 15) is 4.79 Å². The van der Waals surface area contributed by atoms with Gasteiger partial charge in [0, 0.05) is 23.7 Å². The lowest BCUT2D eigenvalue weighted by Crippen LogP contribution is -2.25. The largest absolute Gasteiger partial charge is 0.493 e. The molecule has 0 spiro atoms. The third-order valence-corrected chi connectivity index (χ3v) is 5.93. The predicted molar refractivity (Wildman–Crippen MR) is 129 cm³/mol. The highest BCUT2D eigenvalue weighted by molar-refractivity contribution is 5.94. The molecule has 3 rings (SSSR count). The molecule has 2 aromatic carbocycles. The van der Waals surface area contributed by atoms with Crippen molar-refractivity contribution in [1.82, 2.24) is 4.90 Å². The second-order valence-corrected chi connectivity index (χ2v) is 8.15. The van der Waals surface area contributed by atoms with E-state index < -0.39 is 0 Å². The Morgan fingerprint density at radius 3 is 2.22 bits per heavy atom. The summed E-state index contributed by atoms with van der Waals surface area (Å²) in [6, 6.07) is 9.94. The molecule has 0 radical (unpaired) electrons. The molecule has 0 fully saturated rings. The number of benzene rings is 2. The Bertz CT molecular complexity index is 891. The molecule has 0 saturated carbocycles. The van der Waals surface area contributed by atoms with Crippen LogP contribution >= 0.6 is 0 Å². The van der Waals surface area contributed by atoms with Gasteiger partial charge in [-0.2, -0.15) is 0 Å². The number of ether oxygens (including phenoxy) is 3. The van der Waals surface area contributed by atoms with Crippen LogP contribution in [-0.2, 0) is 4.79 Å². The predicted octanol–water partition coefficient (Wildman–Crippen LogP) is 5.69. The van der Waals surface area contributed by atoms with Crippen LogP contribution in [0, 0.1) is 0 Å².